The highest BCUT2D eigenvalue weighted by Gasteiger charge is 2.26. The molecule has 2 aromatic carbocycles. The molecule has 4 atom stereocenters. The van der Waals surface area contributed by atoms with Crippen LogP contribution in [0.2, 0.25) is 0 Å². The maximum absolute atomic E-state index is 13.3. The molecule has 0 aliphatic rings. The topological polar surface area (TPSA) is 312 Å². The third-order valence-electron chi connectivity index (χ3n) is 6.05. The molecule has 3 aromatic rings. The van der Waals surface area contributed by atoms with Gasteiger partial charge in [-0.15, -0.1) is 0 Å². The number of ether oxygens (including phenoxy) is 2. The van der Waals surface area contributed by atoms with Gasteiger partial charge in [0.1, 0.15) is 53.5 Å². The molecule has 3 rings (SSSR count). The average Bonchev–Trinajstić information content (AvgIpc) is 2.98. The van der Waals surface area contributed by atoms with E-state index in [4.69, 9.17) is 19.0 Å². The molecule has 0 aliphatic carbocycles. The number of hydrogen-bond acceptors (Lipinski definition) is 17. The van der Waals surface area contributed by atoms with Crippen molar-refractivity contribution in [2.45, 2.75) is 24.4 Å². The summed E-state index contributed by atoms with van der Waals surface area (Å²) >= 11 is 0. The molecule has 1 aromatic heterocycles. The third kappa shape index (κ3) is 7.35. The highest BCUT2D eigenvalue weighted by Crippen LogP contribution is 2.38. The molecular weight excluding hydrogens is 596 g/mol. The van der Waals surface area contributed by atoms with E-state index in [1.807, 2.05) is 0 Å². The zero-order valence-corrected chi connectivity index (χ0v) is 22.5. The molecule has 240 valence electrons. The molecule has 44 heavy (non-hydrogen) atoms. The van der Waals surface area contributed by atoms with E-state index in [1.165, 1.54) is 6.07 Å². The van der Waals surface area contributed by atoms with Crippen LogP contribution in [0.4, 0.5) is 0 Å². The van der Waals surface area contributed by atoms with Gasteiger partial charge in [0.25, 0.3) is 0 Å². The van der Waals surface area contributed by atoms with Crippen molar-refractivity contribution < 1.29 is 80.3 Å². The van der Waals surface area contributed by atoms with Crippen molar-refractivity contribution in [1.29, 1.82) is 0 Å². The monoisotopic (exact) mass is 626 g/mol. The lowest BCUT2D eigenvalue weighted by atomic mass is 10.1. The van der Waals surface area contributed by atoms with E-state index in [0.29, 0.717) is 0 Å². The minimum Gasteiger partial charge on any atom is -0.508 e. The van der Waals surface area contributed by atoms with Crippen molar-refractivity contribution in [2.75, 3.05) is 26.4 Å². The Bertz CT molecular complexity index is 1610. The SMILES string of the molecule is O=c1c(OCC(O)C(O)=C(O)C(O)COCC(O)C(O)=C(O)C(O)CO)c(-c2ccc(O)c(O)c2)oc2cc(O)cc(O)c12. The van der Waals surface area contributed by atoms with Crippen molar-refractivity contribution in [3.05, 3.63) is 63.6 Å². The van der Waals surface area contributed by atoms with Crippen LogP contribution in [-0.2, 0) is 4.74 Å². The molecule has 0 radical (unpaired) electrons. The van der Waals surface area contributed by atoms with E-state index < -0.39 is 119 Å². The van der Waals surface area contributed by atoms with E-state index in [0.717, 1.165) is 24.3 Å². The number of aliphatic hydroxyl groups excluding tert-OH is 9. The summed E-state index contributed by atoms with van der Waals surface area (Å²) in [7, 11) is 0. The van der Waals surface area contributed by atoms with Crippen LogP contribution in [-0.4, -0.2) is 117 Å². The Kier molecular flexibility index (Phi) is 10.7. The standard InChI is InChI=1S/C27H30O17/c28-6-15(33)21(37)22(38)16(34)7-42-8-17(35)23(39)24(40)18(36)9-43-27-25(41)20-14(32)4-11(29)5-19(20)44-26(27)10-1-2-12(30)13(31)3-10/h1-5,15-18,28-40H,6-9H2. The minimum absolute atomic E-state index is 0.0379. The van der Waals surface area contributed by atoms with Gasteiger partial charge in [0.05, 0.1) is 19.8 Å². The molecule has 13 N–H and O–H groups in total. The van der Waals surface area contributed by atoms with Gasteiger partial charge in [0.2, 0.25) is 11.2 Å². The summed E-state index contributed by atoms with van der Waals surface area (Å²) in [6, 6.07) is 5.12. The fraction of sp³-hybridized carbons (Fsp3) is 0.296. The zero-order chi connectivity index (χ0) is 32.9. The fourth-order valence-corrected chi connectivity index (χ4v) is 3.71. The first-order valence-electron chi connectivity index (χ1n) is 12.5. The normalized spacial score (nSPS) is 15.7. The second kappa shape index (κ2) is 14.0. The van der Waals surface area contributed by atoms with Crippen LogP contribution < -0.4 is 10.2 Å². The molecule has 0 saturated carbocycles. The van der Waals surface area contributed by atoms with Gasteiger partial charge in [0.15, 0.2) is 40.3 Å². The molecular formula is C27H30O17. The number of fused-ring (bicyclic) bond motifs is 1. The van der Waals surface area contributed by atoms with Crippen LogP contribution in [0, 0.1) is 0 Å². The first-order valence-corrected chi connectivity index (χ1v) is 12.5. The number of aromatic hydroxyl groups is 4. The molecule has 0 bridgehead atoms. The number of phenols is 4. The highest BCUT2D eigenvalue weighted by atomic mass is 16.5. The van der Waals surface area contributed by atoms with Gasteiger partial charge in [-0.2, -0.15) is 0 Å². The Balaban J connectivity index is 1.81. The van der Waals surface area contributed by atoms with Gasteiger partial charge < -0.3 is 80.3 Å². The largest absolute Gasteiger partial charge is 0.508 e. The number of aliphatic hydroxyl groups is 9. The summed E-state index contributed by atoms with van der Waals surface area (Å²) < 4.78 is 15.9. The van der Waals surface area contributed by atoms with E-state index in [9.17, 15) is 66.1 Å². The number of hydrogen-bond donors (Lipinski definition) is 13. The maximum atomic E-state index is 13.3. The molecule has 17 nitrogen and oxygen atoms in total. The van der Waals surface area contributed by atoms with E-state index in [-0.39, 0.29) is 11.1 Å². The zero-order valence-electron chi connectivity index (χ0n) is 22.5. The van der Waals surface area contributed by atoms with Crippen molar-refractivity contribution in [3.8, 4) is 40.1 Å². The first-order chi connectivity index (χ1) is 20.7. The van der Waals surface area contributed by atoms with E-state index in [2.05, 4.69) is 0 Å². The Morgan fingerprint density at radius 2 is 1.25 bits per heavy atom. The number of phenolic OH excluding ortho intramolecular Hbond substituents is 4. The van der Waals surface area contributed by atoms with Gasteiger partial charge in [-0.3, -0.25) is 4.79 Å². The Morgan fingerprint density at radius 3 is 1.80 bits per heavy atom. The highest BCUT2D eigenvalue weighted by molar-refractivity contribution is 5.88. The van der Waals surface area contributed by atoms with E-state index >= 15 is 0 Å². The van der Waals surface area contributed by atoms with E-state index in [1.54, 1.807) is 0 Å². The molecule has 17 heteroatoms. The predicted molar refractivity (Wildman–Crippen MR) is 147 cm³/mol. The molecule has 0 aliphatic heterocycles. The Labute approximate surface area is 246 Å². The van der Waals surface area contributed by atoms with Gasteiger partial charge >= 0.3 is 0 Å². The van der Waals surface area contributed by atoms with Crippen LogP contribution in [0.25, 0.3) is 22.3 Å². The smallest absolute Gasteiger partial charge is 0.239 e. The first kappa shape index (κ1) is 33.6. The number of benzene rings is 2. The summed E-state index contributed by atoms with van der Waals surface area (Å²) in [4.78, 5) is 13.3. The average molecular weight is 627 g/mol. The molecule has 1 heterocycles. The lowest BCUT2D eigenvalue weighted by Gasteiger charge is -2.18. The quantitative estimate of drug-likeness (QED) is 0.0860. The van der Waals surface area contributed by atoms with Gasteiger partial charge in [-0.25, -0.2) is 0 Å². The maximum Gasteiger partial charge on any atom is 0.239 e. The Morgan fingerprint density at radius 1 is 0.705 bits per heavy atom. The molecule has 4 unspecified atom stereocenters. The van der Waals surface area contributed by atoms with Gasteiger partial charge in [0, 0.05) is 17.7 Å². The molecule has 0 fully saturated rings. The van der Waals surface area contributed by atoms with Gasteiger partial charge in [-0.05, 0) is 18.2 Å². The third-order valence-corrected chi connectivity index (χ3v) is 6.05. The summed E-state index contributed by atoms with van der Waals surface area (Å²) in [6.45, 7) is -3.58. The number of rotatable bonds is 13. The van der Waals surface area contributed by atoms with Crippen molar-refractivity contribution in [1.82, 2.24) is 0 Å². The second-order valence-electron chi connectivity index (χ2n) is 9.27. The van der Waals surface area contributed by atoms with Crippen LogP contribution in [0.15, 0.2) is 62.6 Å². The lowest BCUT2D eigenvalue weighted by molar-refractivity contribution is -0.0165. The summed E-state index contributed by atoms with van der Waals surface area (Å²) in [5.41, 5.74) is -1.36. The second-order valence-corrected chi connectivity index (χ2v) is 9.27. The van der Waals surface area contributed by atoms with Crippen molar-refractivity contribution in [2.24, 2.45) is 0 Å². The summed E-state index contributed by atoms with van der Waals surface area (Å²) in [5.74, 6) is -8.10. The van der Waals surface area contributed by atoms with Crippen molar-refractivity contribution >= 4 is 11.0 Å². The van der Waals surface area contributed by atoms with Crippen LogP contribution >= 0.6 is 0 Å². The van der Waals surface area contributed by atoms with Crippen LogP contribution in [0.3, 0.4) is 0 Å². The summed E-state index contributed by atoms with van der Waals surface area (Å²) in [5, 5.41) is 127. The minimum atomic E-state index is -2.11. The van der Waals surface area contributed by atoms with Gasteiger partial charge in [-0.1, -0.05) is 0 Å². The summed E-state index contributed by atoms with van der Waals surface area (Å²) in [6.07, 6.45) is -7.94. The molecule has 0 saturated heterocycles. The molecule has 0 amide bonds. The van der Waals surface area contributed by atoms with Crippen molar-refractivity contribution in [3.63, 3.8) is 0 Å². The molecule has 0 spiro atoms. The lowest BCUT2D eigenvalue weighted by Crippen LogP contribution is -2.29. The van der Waals surface area contributed by atoms with Crippen LogP contribution in [0.1, 0.15) is 0 Å². The predicted octanol–water partition coefficient (Wildman–Crippen LogP) is -0.231. The Hall–Kier alpha value is -4.91. The fourth-order valence-electron chi connectivity index (χ4n) is 3.71. The van der Waals surface area contributed by atoms with Crippen LogP contribution in [0.5, 0.6) is 28.7 Å².